The lowest BCUT2D eigenvalue weighted by Gasteiger charge is -2.53. The van der Waals surface area contributed by atoms with Crippen LogP contribution < -0.4 is 5.32 Å². The van der Waals surface area contributed by atoms with Gasteiger partial charge in [-0.1, -0.05) is 22.4 Å². The molecule has 0 aromatic heterocycles. The van der Waals surface area contributed by atoms with Crippen molar-refractivity contribution < 1.29 is 4.79 Å². The lowest BCUT2D eigenvalue weighted by atomic mass is 9.51. The Morgan fingerprint density at radius 2 is 1.62 bits per heavy atom. The first-order chi connectivity index (χ1) is 10.2. The number of carbonyl (C=O) groups is 1. The first-order valence-electron chi connectivity index (χ1n) is 9.10. The molecule has 3 heteroatoms. The van der Waals surface area contributed by atoms with Crippen molar-refractivity contribution in [3.8, 4) is 0 Å². The minimum atomic E-state index is 0.362. The molecule has 4 bridgehead atoms. The summed E-state index contributed by atoms with van der Waals surface area (Å²) in [5.74, 6) is 4.83. The number of rotatable bonds is 3. The van der Waals surface area contributed by atoms with Gasteiger partial charge in [0.1, 0.15) is 0 Å². The zero-order valence-electron chi connectivity index (χ0n) is 12.9. The van der Waals surface area contributed by atoms with Crippen molar-refractivity contribution in [1.82, 2.24) is 5.32 Å². The van der Waals surface area contributed by atoms with Gasteiger partial charge >= 0.3 is 0 Å². The molecule has 0 heterocycles. The Morgan fingerprint density at radius 3 is 2.24 bits per heavy atom. The molecule has 0 aromatic carbocycles. The molecule has 0 aliphatic heterocycles. The quantitative estimate of drug-likeness (QED) is 0.759. The van der Waals surface area contributed by atoms with Crippen molar-refractivity contribution in [2.45, 2.75) is 62.6 Å². The molecular weight excluding hydrogens is 326 g/mol. The fourth-order valence-electron chi connectivity index (χ4n) is 6.13. The molecule has 2 nitrogen and oxygen atoms in total. The molecule has 21 heavy (non-hydrogen) atoms. The van der Waals surface area contributed by atoms with Gasteiger partial charge in [0.25, 0.3) is 0 Å². The van der Waals surface area contributed by atoms with Gasteiger partial charge in [-0.05, 0) is 81.0 Å². The second-order valence-corrected chi connectivity index (χ2v) is 9.63. The number of hydrogen-bond acceptors (Lipinski definition) is 1. The fraction of sp³-hybridized carbons (Fsp3) is 0.944. The zero-order valence-corrected chi connectivity index (χ0v) is 14.5. The number of alkyl halides is 1. The summed E-state index contributed by atoms with van der Waals surface area (Å²) in [5.41, 5.74) is 0. The van der Waals surface area contributed by atoms with Crippen molar-refractivity contribution >= 4 is 21.8 Å². The van der Waals surface area contributed by atoms with Crippen LogP contribution in [0.25, 0.3) is 0 Å². The van der Waals surface area contributed by atoms with E-state index in [0.717, 1.165) is 30.2 Å². The Kier molecular flexibility index (Phi) is 4.06. The van der Waals surface area contributed by atoms with Crippen molar-refractivity contribution in [2.24, 2.45) is 35.5 Å². The summed E-state index contributed by atoms with van der Waals surface area (Å²) in [6, 6.07) is 0. The van der Waals surface area contributed by atoms with Crippen LogP contribution >= 0.6 is 15.9 Å². The maximum Gasteiger partial charge on any atom is 0.223 e. The van der Waals surface area contributed by atoms with Crippen LogP contribution in [0.15, 0.2) is 0 Å². The van der Waals surface area contributed by atoms with Crippen molar-refractivity contribution in [3.05, 3.63) is 0 Å². The molecule has 5 aliphatic carbocycles. The third-order valence-electron chi connectivity index (χ3n) is 6.81. The van der Waals surface area contributed by atoms with E-state index >= 15 is 0 Å². The molecule has 2 unspecified atom stereocenters. The summed E-state index contributed by atoms with van der Waals surface area (Å²) in [6.45, 7) is 0.920. The Hall–Kier alpha value is -0.0500. The predicted molar refractivity (Wildman–Crippen MR) is 88.2 cm³/mol. The lowest BCUT2D eigenvalue weighted by molar-refractivity contribution is -0.138. The summed E-state index contributed by atoms with van der Waals surface area (Å²) in [5, 5.41) is 3.34. The molecule has 0 spiro atoms. The van der Waals surface area contributed by atoms with Crippen LogP contribution in [0, 0.1) is 35.5 Å². The molecule has 1 amide bonds. The normalized spacial score (nSPS) is 48.3. The van der Waals surface area contributed by atoms with Crippen molar-refractivity contribution in [2.75, 3.05) is 6.54 Å². The van der Waals surface area contributed by atoms with Crippen LogP contribution in [0.3, 0.4) is 0 Å². The maximum absolute atomic E-state index is 12.7. The van der Waals surface area contributed by atoms with Gasteiger partial charge in [0.15, 0.2) is 0 Å². The molecule has 0 aromatic rings. The number of carbonyl (C=O) groups excluding carboxylic acids is 1. The van der Waals surface area contributed by atoms with Crippen LogP contribution in [-0.2, 0) is 4.79 Å². The molecule has 5 saturated carbocycles. The van der Waals surface area contributed by atoms with Gasteiger partial charge in [-0.3, -0.25) is 4.79 Å². The second-order valence-electron chi connectivity index (χ2n) is 8.33. The third kappa shape index (κ3) is 2.92. The summed E-state index contributed by atoms with van der Waals surface area (Å²) in [6.07, 6.45) is 12.0. The molecule has 5 rings (SSSR count). The van der Waals surface area contributed by atoms with Crippen LogP contribution in [-0.4, -0.2) is 17.3 Å². The van der Waals surface area contributed by atoms with Crippen molar-refractivity contribution in [3.63, 3.8) is 0 Å². The number of halogens is 1. The highest BCUT2D eigenvalue weighted by atomic mass is 79.9. The van der Waals surface area contributed by atoms with E-state index in [2.05, 4.69) is 21.2 Å². The standard InChI is InChI=1S/C18H28BrNO/c19-16-3-1-2-11(9-16)10-20-18(21)17-14-5-12-4-13(7-14)8-15(17)6-12/h11-17H,1-10H2,(H,20,21). The van der Waals surface area contributed by atoms with Gasteiger partial charge in [0.05, 0.1) is 0 Å². The SMILES string of the molecule is O=C(NCC1CCCC(Br)C1)C1C2CC3CC(C2)CC1C3. The molecule has 118 valence electrons. The third-order valence-corrected chi connectivity index (χ3v) is 7.64. The average Bonchev–Trinajstić information content (AvgIpc) is 2.44. The minimum Gasteiger partial charge on any atom is -0.356 e. The van der Waals surface area contributed by atoms with E-state index in [-0.39, 0.29) is 0 Å². The smallest absolute Gasteiger partial charge is 0.223 e. The van der Waals surface area contributed by atoms with Crippen LogP contribution in [0.2, 0.25) is 0 Å². The fourth-order valence-corrected chi connectivity index (χ4v) is 6.98. The van der Waals surface area contributed by atoms with Crippen molar-refractivity contribution in [1.29, 1.82) is 0 Å². The Bertz CT molecular complexity index is 382. The largest absolute Gasteiger partial charge is 0.356 e. The summed E-state index contributed by atoms with van der Waals surface area (Å²) < 4.78 is 0. The van der Waals surface area contributed by atoms with Crippen LogP contribution in [0.5, 0.6) is 0 Å². The van der Waals surface area contributed by atoms with E-state index in [4.69, 9.17) is 0 Å². The molecule has 0 saturated heterocycles. The van der Waals surface area contributed by atoms with Gasteiger partial charge in [-0.25, -0.2) is 0 Å². The second kappa shape index (κ2) is 5.86. The molecule has 0 radical (unpaired) electrons. The Balaban J connectivity index is 1.33. The molecule has 5 fully saturated rings. The first-order valence-corrected chi connectivity index (χ1v) is 10.0. The first kappa shape index (κ1) is 14.5. The summed E-state index contributed by atoms with van der Waals surface area (Å²) in [7, 11) is 0. The van der Waals surface area contributed by atoms with E-state index in [1.165, 1.54) is 57.8 Å². The van der Waals surface area contributed by atoms with E-state index < -0.39 is 0 Å². The summed E-state index contributed by atoms with van der Waals surface area (Å²) >= 11 is 3.75. The van der Waals surface area contributed by atoms with E-state index in [1.807, 2.05) is 0 Å². The number of hydrogen-bond donors (Lipinski definition) is 1. The van der Waals surface area contributed by atoms with Crippen LogP contribution in [0.1, 0.15) is 57.8 Å². The lowest BCUT2D eigenvalue weighted by Crippen LogP contribution is -2.51. The Labute approximate surface area is 136 Å². The van der Waals surface area contributed by atoms with Gasteiger partial charge < -0.3 is 5.32 Å². The average molecular weight is 354 g/mol. The zero-order chi connectivity index (χ0) is 14.4. The van der Waals surface area contributed by atoms with E-state index in [1.54, 1.807) is 0 Å². The maximum atomic E-state index is 12.7. The van der Waals surface area contributed by atoms with Crippen LogP contribution in [0.4, 0.5) is 0 Å². The number of amides is 1. The molecule has 2 atom stereocenters. The molecule has 5 aliphatic rings. The predicted octanol–water partition coefficient (Wildman–Crippen LogP) is 4.13. The van der Waals surface area contributed by atoms with Gasteiger partial charge in [0.2, 0.25) is 5.91 Å². The Morgan fingerprint density at radius 1 is 0.952 bits per heavy atom. The topological polar surface area (TPSA) is 29.1 Å². The van der Waals surface area contributed by atoms with E-state index in [0.29, 0.717) is 22.6 Å². The molecule has 1 N–H and O–H groups in total. The van der Waals surface area contributed by atoms with Gasteiger partial charge in [-0.15, -0.1) is 0 Å². The van der Waals surface area contributed by atoms with E-state index in [9.17, 15) is 4.79 Å². The number of nitrogens with one attached hydrogen (secondary N) is 1. The van der Waals surface area contributed by atoms with Gasteiger partial charge in [-0.2, -0.15) is 0 Å². The summed E-state index contributed by atoms with van der Waals surface area (Å²) in [4.78, 5) is 13.4. The monoisotopic (exact) mass is 353 g/mol. The minimum absolute atomic E-state index is 0.362. The highest BCUT2D eigenvalue weighted by Gasteiger charge is 2.50. The highest BCUT2D eigenvalue weighted by Crippen LogP contribution is 2.56. The highest BCUT2D eigenvalue weighted by molar-refractivity contribution is 9.09. The molecular formula is C18H28BrNO. The van der Waals surface area contributed by atoms with Gasteiger partial charge in [0, 0.05) is 17.3 Å².